The maximum atomic E-state index is 10.9. The predicted octanol–water partition coefficient (Wildman–Crippen LogP) is 2.96. The summed E-state index contributed by atoms with van der Waals surface area (Å²) in [5, 5.41) is 10.9. The smallest absolute Gasteiger partial charge is 0.255 e. The molecule has 2 aromatic rings. The number of benzene rings is 2. The minimum atomic E-state index is -1.58. The van der Waals surface area contributed by atoms with Crippen LogP contribution in [0.15, 0.2) is 42.5 Å². The topological polar surface area (TPSA) is 57.2 Å². The van der Waals surface area contributed by atoms with Gasteiger partial charge in [-0.3, -0.25) is 0 Å². The van der Waals surface area contributed by atoms with Gasteiger partial charge in [-0.25, -0.2) is 0 Å². The van der Waals surface area contributed by atoms with Gasteiger partial charge in [-0.2, -0.15) is 0 Å². The zero-order chi connectivity index (χ0) is 16.4. The van der Waals surface area contributed by atoms with Crippen LogP contribution in [0.3, 0.4) is 0 Å². The second kappa shape index (κ2) is 5.85. The lowest BCUT2D eigenvalue weighted by molar-refractivity contribution is -0.104. The molecule has 0 aromatic heterocycles. The molecule has 0 saturated heterocycles. The van der Waals surface area contributed by atoms with Gasteiger partial charge in [-0.05, 0) is 12.2 Å². The molecule has 0 amide bonds. The van der Waals surface area contributed by atoms with Crippen LogP contribution in [0.5, 0.6) is 23.0 Å². The summed E-state index contributed by atoms with van der Waals surface area (Å²) < 4.78 is 22.0. The fraction of sp³-hybridized carbons (Fsp3) is 0.222. The Morgan fingerprint density at radius 2 is 1.65 bits per heavy atom. The highest BCUT2D eigenvalue weighted by Gasteiger charge is 2.36. The van der Waals surface area contributed by atoms with Crippen LogP contribution in [-0.4, -0.2) is 26.4 Å². The van der Waals surface area contributed by atoms with Crippen molar-refractivity contribution >= 4 is 6.08 Å². The Bertz CT molecular complexity index is 739. The molecule has 0 fully saturated rings. The van der Waals surface area contributed by atoms with E-state index in [2.05, 4.69) is 0 Å². The highest BCUT2D eigenvalue weighted by molar-refractivity contribution is 5.74. The molecule has 23 heavy (non-hydrogen) atoms. The van der Waals surface area contributed by atoms with Gasteiger partial charge in [-0.1, -0.05) is 30.3 Å². The van der Waals surface area contributed by atoms with Gasteiger partial charge in [0.25, 0.3) is 5.79 Å². The van der Waals surface area contributed by atoms with Crippen molar-refractivity contribution in [3.8, 4) is 23.0 Å². The summed E-state index contributed by atoms with van der Waals surface area (Å²) in [7, 11) is 4.62. The van der Waals surface area contributed by atoms with E-state index >= 15 is 0 Å². The summed E-state index contributed by atoms with van der Waals surface area (Å²) in [6, 6.07) is 10.9. The van der Waals surface area contributed by atoms with Gasteiger partial charge in [0.2, 0.25) is 5.75 Å². The molecule has 5 nitrogen and oxygen atoms in total. The second-order valence-corrected chi connectivity index (χ2v) is 5.05. The molecule has 1 aliphatic heterocycles. The number of fused-ring (bicyclic) bond motifs is 1. The summed E-state index contributed by atoms with van der Waals surface area (Å²) in [6.45, 7) is 0. The zero-order valence-electron chi connectivity index (χ0n) is 13.2. The van der Waals surface area contributed by atoms with Crippen molar-refractivity contribution in [1.82, 2.24) is 0 Å². The monoisotopic (exact) mass is 314 g/mol. The Morgan fingerprint density at radius 1 is 0.957 bits per heavy atom. The Hall–Kier alpha value is -2.66. The van der Waals surface area contributed by atoms with Crippen LogP contribution < -0.4 is 18.9 Å². The van der Waals surface area contributed by atoms with Gasteiger partial charge >= 0.3 is 0 Å². The first kappa shape index (κ1) is 15.2. The second-order valence-electron chi connectivity index (χ2n) is 5.05. The Morgan fingerprint density at radius 3 is 2.26 bits per heavy atom. The summed E-state index contributed by atoms with van der Waals surface area (Å²) in [6.07, 6.45) is 3.34. The minimum absolute atomic E-state index is 0.373. The van der Waals surface area contributed by atoms with Crippen LogP contribution in [-0.2, 0) is 5.79 Å². The van der Waals surface area contributed by atoms with Crippen LogP contribution in [0, 0.1) is 0 Å². The highest BCUT2D eigenvalue weighted by Crippen LogP contribution is 2.50. The first-order valence-corrected chi connectivity index (χ1v) is 7.12. The maximum Gasteiger partial charge on any atom is 0.255 e. The van der Waals surface area contributed by atoms with E-state index in [1.165, 1.54) is 14.2 Å². The predicted molar refractivity (Wildman–Crippen MR) is 86.1 cm³/mol. The number of aliphatic hydroxyl groups is 1. The molecule has 1 aliphatic rings. The fourth-order valence-corrected chi connectivity index (χ4v) is 2.60. The van der Waals surface area contributed by atoms with E-state index in [0.29, 0.717) is 34.1 Å². The van der Waals surface area contributed by atoms with Crippen molar-refractivity contribution in [3.05, 3.63) is 53.6 Å². The normalized spacial score (nSPS) is 18.8. The largest absolute Gasteiger partial charge is 0.496 e. The van der Waals surface area contributed by atoms with E-state index in [1.54, 1.807) is 37.5 Å². The molecule has 0 spiro atoms. The molecule has 0 saturated carbocycles. The number of hydrogen-bond acceptors (Lipinski definition) is 5. The van der Waals surface area contributed by atoms with Crippen molar-refractivity contribution in [2.75, 3.05) is 21.3 Å². The fourth-order valence-electron chi connectivity index (χ4n) is 2.60. The van der Waals surface area contributed by atoms with E-state index in [1.807, 2.05) is 18.2 Å². The van der Waals surface area contributed by atoms with Gasteiger partial charge in [-0.15, -0.1) is 0 Å². The van der Waals surface area contributed by atoms with Gasteiger partial charge < -0.3 is 24.1 Å². The third-order valence-corrected chi connectivity index (χ3v) is 3.77. The van der Waals surface area contributed by atoms with Gasteiger partial charge in [0, 0.05) is 11.6 Å². The molecule has 3 rings (SSSR count). The van der Waals surface area contributed by atoms with E-state index in [9.17, 15) is 5.11 Å². The van der Waals surface area contributed by atoms with E-state index in [-0.39, 0.29) is 0 Å². The molecule has 2 aromatic carbocycles. The molecule has 1 unspecified atom stereocenters. The minimum Gasteiger partial charge on any atom is -0.496 e. The average molecular weight is 314 g/mol. The summed E-state index contributed by atoms with van der Waals surface area (Å²) in [4.78, 5) is 0. The first-order valence-electron chi connectivity index (χ1n) is 7.12. The van der Waals surface area contributed by atoms with Gasteiger partial charge in [0.05, 0.1) is 26.9 Å². The lowest BCUT2D eigenvalue weighted by Gasteiger charge is -2.32. The third-order valence-electron chi connectivity index (χ3n) is 3.77. The molecule has 0 radical (unpaired) electrons. The van der Waals surface area contributed by atoms with Crippen LogP contribution in [0.25, 0.3) is 6.08 Å². The zero-order valence-corrected chi connectivity index (χ0v) is 13.2. The number of rotatable bonds is 4. The average Bonchev–Trinajstić information content (AvgIpc) is 2.60. The number of hydrogen-bond donors (Lipinski definition) is 1. The van der Waals surface area contributed by atoms with Gasteiger partial charge in [0.15, 0.2) is 11.5 Å². The number of ether oxygens (including phenoxy) is 4. The summed E-state index contributed by atoms with van der Waals surface area (Å²) in [5.41, 5.74) is 1.30. The van der Waals surface area contributed by atoms with Crippen molar-refractivity contribution in [2.45, 2.75) is 5.79 Å². The first-order chi connectivity index (χ1) is 11.1. The van der Waals surface area contributed by atoms with Crippen LogP contribution in [0.2, 0.25) is 0 Å². The van der Waals surface area contributed by atoms with E-state index in [0.717, 1.165) is 0 Å². The van der Waals surface area contributed by atoms with Crippen LogP contribution in [0.4, 0.5) is 0 Å². The Kier molecular flexibility index (Phi) is 3.88. The molecular weight excluding hydrogens is 296 g/mol. The molecule has 0 bridgehead atoms. The third kappa shape index (κ3) is 2.49. The van der Waals surface area contributed by atoms with Crippen LogP contribution >= 0.6 is 0 Å². The van der Waals surface area contributed by atoms with Crippen molar-refractivity contribution in [3.63, 3.8) is 0 Å². The quantitative estimate of drug-likeness (QED) is 0.940. The SMILES string of the molecule is COc1cc(OC)c(OC)c2c1C=CC(O)(c1ccccc1)O2. The Labute approximate surface area is 134 Å². The molecule has 1 heterocycles. The molecule has 1 atom stereocenters. The van der Waals surface area contributed by atoms with Crippen molar-refractivity contribution in [1.29, 1.82) is 0 Å². The van der Waals surface area contributed by atoms with E-state index < -0.39 is 5.79 Å². The standard InChI is InChI=1S/C18H18O5/c1-20-14-11-15(21-2)17(22-3)16-13(14)9-10-18(19,23-16)12-7-5-4-6-8-12/h4-11,19H,1-3H3. The highest BCUT2D eigenvalue weighted by atomic mass is 16.6. The molecular formula is C18H18O5. The lowest BCUT2D eigenvalue weighted by Crippen LogP contribution is -2.32. The van der Waals surface area contributed by atoms with Crippen LogP contribution in [0.1, 0.15) is 11.1 Å². The Balaban J connectivity index is 2.16. The summed E-state index contributed by atoms with van der Waals surface area (Å²) in [5.74, 6) is 0.233. The maximum absolute atomic E-state index is 10.9. The number of methoxy groups -OCH3 is 3. The van der Waals surface area contributed by atoms with Crippen molar-refractivity contribution < 1.29 is 24.1 Å². The van der Waals surface area contributed by atoms with Crippen molar-refractivity contribution in [2.24, 2.45) is 0 Å². The molecule has 1 N–H and O–H groups in total. The molecule has 5 heteroatoms. The lowest BCUT2D eigenvalue weighted by atomic mass is 10.00. The summed E-state index contributed by atoms with van der Waals surface area (Å²) >= 11 is 0. The van der Waals surface area contributed by atoms with E-state index in [4.69, 9.17) is 18.9 Å². The molecule has 120 valence electrons. The van der Waals surface area contributed by atoms with Gasteiger partial charge in [0.1, 0.15) is 5.75 Å². The molecule has 0 aliphatic carbocycles.